The molecule has 10 nitrogen and oxygen atoms in total. The molecule has 37 heavy (non-hydrogen) atoms. The van der Waals surface area contributed by atoms with E-state index in [0.29, 0.717) is 24.1 Å². The van der Waals surface area contributed by atoms with Crippen molar-refractivity contribution >= 4 is 34.7 Å². The van der Waals surface area contributed by atoms with Gasteiger partial charge in [-0.2, -0.15) is 0 Å². The molecule has 3 aromatic carbocycles. The Balaban J connectivity index is 1.50. The standard InChI is InChI=1S/C26H26N6O4S/c1-3-36-21-14-10-19(11-15-21)27-16-24-29-30-26(31(24)20-12-8-18(2)9-13-20)37-17-25(33)28-22-6-4-5-7-23(22)32(34)35/h4-15,27H,3,16-17H2,1-2H3,(H,28,33). The van der Waals surface area contributed by atoms with Crippen LogP contribution in [0.1, 0.15) is 18.3 Å². The number of para-hydroxylation sites is 2. The van der Waals surface area contributed by atoms with Gasteiger partial charge >= 0.3 is 0 Å². The Bertz CT molecular complexity index is 1370. The lowest BCUT2D eigenvalue weighted by atomic mass is 10.2. The maximum atomic E-state index is 12.6. The van der Waals surface area contributed by atoms with Gasteiger partial charge in [-0.05, 0) is 56.3 Å². The molecule has 190 valence electrons. The fourth-order valence-corrected chi connectivity index (χ4v) is 4.30. The number of anilines is 2. The minimum absolute atomic E-state index is 0.00234. The molecule has 0 bridgehead atoms. The van der Waals surface area contributed by atoms with Crippen LogP contribution in [-0.4, -0.2) is 38.0 Å². The molecule has 1 amide bonds. The Morgan fingerprint density at radius 2 is 1.78 bits per heavy atom. The van der Waals surface area contributed by atoms with Crippen LogP contribution in [0, 0.1) is 17.0 Å². The van der Waals surface area contributed by atoms with E-state index >= 15 is 0 Å². The zero-order chi connectivity index (χ0) is 26.2. The molecule has 0 radical (unpaired) electrons. The third-order valence-electron chi connectivity index (χ3n) is 5.32. The summed E-state index contributed by atoms with van der Waals surface area (Å²) in [5.41, 5.74) is 2.87. The van der Waals surface area contributed by atoms with Gasteiger partial charge in [0.2, 0.25) is 5.91 Å². The quantitative estimate of drug-likeness (QED) is 0.157. The van der Waals surface area contributed by atoms with Crippen molar-refractivity contribution in [3.05, 3.63) is 94.3 Å². The third-order valence-corrected chi connectivity index (χ3v) is 6.24. The molecule has 1 heterocycles. The van der Waals surface area contributed by atoms with Gasteiger partial charge < -0.3 is 15.4 Å². The Hall–Kier alpha value is -4.38. The third kappa shape index (κ3) is 6.64. The Morgan fingerprint density at radius 3 is 2.49 bits per heavy atom. The molecule has 11 heteroatoms. The monoisotopic (exact) mass is 518 g/mol. The van der Waals surface area contributed by atoms with E-state index in [1.165, 1.54) is 23.9 Å². The van der Waals surface area contributed by atoms with Crippen molar-refractivity contribution in [1.29, 1.82) is 0 Å². The van der Waals surface area contributed by atoms with Crippen LogP contribution in [0.15, 0.2) is 78.0 Å². The highest BCUT2D eigenvalue weighted by Gasteiger charge is 2.18. The smallest absolute Gasteiger partial charge is 0.292 e. The summed E-state index contributed by atoms with van der Waals surface area (Å²) in [6, 6.07) is 21.6. The van der Waals surface area contributed by atoms with Crippen LogP contribution in [0.2, 0.25) is 0 Å². The molecule has 0 fully saturated rings. The molecule has 0 unspecified atom stereocenters. The number of carbonyl (C=O) groups is 1. The minimum Gasteiger partial charge on any atom is -0.494 e. The molecule has 0 atom stereocenters. The Labute approximate surface area is 218 Å². The second-order valence-corrected chi connectivity index (χ2v) is 8.93. The van der Waals surface area contributed by atoms with E-state index in [9.17, 15) is 14.9 Å². The van der Waals surface area contributed by atoms with Gasteiger partial charge in [0.05, 0.1) is 23.8 Å². The number of hydrogen-bond donors (Lipinski definition) is 2. The van der Waals surface area contributed by atoms with Crippen molar-refractivity contribution in [2.45, 2.75) is 25.5 Å². The van der Waals surface area contributed by atoms with E-state index in [-0.39, 0.29) is 23.0 Å². The first-order valence-electron chi connectivity index (χ1n) is 11.6. The first-order chi connectivity index (χ1) is 17.9. The van der Waals surface area contributed by atoms with Crippen LogP contribution in [-0.2, 0) is 11.3 Å². The predicted molar refractivity (Wildman–Crippen MR) is 143 cm³/mol. The van der Waals surface area contributed by atoms with Crippen LogP contribution in [0.4, 0.5) is 17.1 Å². The van der Waals surface area contributed by atoms with Gasteiger partial charge in [0.25, 0.3) is 5.69 Å². The van der Waals surface area contributed by atoms with Crippen molar-refractivity contribution in [2.24, 2.45) is 0 Å². The summed E-state index contributed by atoms with van der Waals surface area (Å²) in [6.07, 6.45) is 0. The molecule has 4 aromatic rings. The fraction of sp³-hybridized carbons (Fsp3) is 0.192. The van der Waals surface area contributed by atoms with Crippen molar-refractivity contribution < 1.29 is 14.5 Å². The molecule has 1 aromatic heterocycles. The van der Waals surface area contributed by atoms with Crippen LogP contribution >= 0.6 is 11.8 Å². The predicted octanol–water partition coefficient (Wildman–Crippen LogP) is 5.23. The number of amides is 1. The van der Waals surface area contributed by atoms with Gasteiger partial charge in [-0.1, -0.05) is 41.6 Å². The van der Waals surface area contributed by atoms with Crippen LogP contribution in [0.3, 0.4) is 0 Å². The normalized spacial score (nSPS) is 10.6. The molecule has 0 spiro atoms. The number of nitro groups is 1. The molecule has 0 saturated carbocycles. The first kappa shape index (κ1) is 25.7. The highest BCUT2D eigenvalue weighted by molar-refractivity contribution is 7.99. The molecular formula is C26H26N6O4S. The summed E-state index contributed by atoms with van der Waals surface area (Å²) in [4.78, 5) is 23.3. The van der Waals surface area contributed by atoms with E-state index < -0.39 is 4.92 Å². The zero-order valence-corrected chi connectivity index (χ0v) is 21.2. The van der Waals surface area contributed by atoms with Gasteiger partial charge in [-0.25, -0.2) is 0 Å². The summed E-state index contributed by atoms with van der Waals surface area (Å²) < 4.78 is 7.39. The van der Waals surface area contributed by atoms with E-state index in [0.717, 1.165) is 22.7 Å². The molecule has 0 saturated heterocycles. The number of nitro benzene ring substituents is 1. The number of nitrogens with zero attached hydrogens (tertiary/aromatic N) is 4. The van der Waals surface area contributed by atoms with Gasteiger partial charge in [0.15, 0.2) is 11.0 Å². The van der Waals surface area contributed by atoms with Crippen LogP contribution in [0.5, 0.6) is 5.75 Å². The molecule has 4 rings (SSSR count). The molecule has 0 aliphatic rings. The van der Waals surface area contributed by atoms with Gasteiger partial charge in [-0.3, -0.25) is 19.5 Å². The fourth-order valence-electron chi connectivity index (χ4n) is 3.53. The summed E-state index contributed by atoms with van der Waals surface area (Å²) >= 11 is 1.20. The minimum atomic E-state index is -0.527. The average molecular weight is 519 g/mol. The van der Waals surface area contributed by atoms with Gasteiger partial charge in [0, 0.05) is 17.4 Å². The lowest BCUT2D eigenvalue weighted by molar-refractivity contribution is -0.383. The second-order valence-electron chi connectivity index (χ2n) is 7.99. The van der Waals surface area contributed by atoms with Crippen molar-refractivity contribution in [3.63, 3.8) is 0 Å². The van der Waals surface area contributed by atoms with E-state index in [2.05, 4.69) is 20.8 Å². The summed E-state index contributed by atoms with van der Waals surface area (Å²) in [5, 5.41) is 26.4. The van der Waals surface area contributed by atoms with Crippen molar-refractivity contribution in [1.82, 2.24) is 14.8 Å². The van der Waals surface area contributed by atoms with Gasteiger partial charge in [0.1, 0.15) is 11.4 Å². The number of aromatic nitrogens is 3. The molecule has 0 aliphatic carbocycles. The maximum absolute atomic E-state index is 12.6. The number of thioether (sulfide) groups is 1. The molecule has 0 aliphatic heterocycles. The highest BCUT2D eigenvalue weighted by Crippen LogP contribution is 2.26. The maximum Gasteiger partial charge on any atom is 0.292 e. The van der Waals surface area contributed by atoms with E-state index in [4.69, 9.17) is 4.74 Å². The number of carbonyl (C=O) groups excluding carboxylic acids is 1. The topological polar surface area (TPSA) is 124 Å². The summed E-state index contributed by atoms with van der Waals surface area (Å²) in [5.74, 6) is 1.09. The Kier molecular flexibility index (Phi) is 8.37. The largest absolute Gasteiger partial charge is 0.494 e. The van der Waals surface area contributed by atoms with Crippen LogP contribution in [0.25, 0.3) is 5.69 Å². The number of aryl methyl sites for hydroxylation is 1. The van der Waals surface area contributed by atoms with Crippen LogP contribution < -0.4 is 15.4 Å². The summed E-state index contributed by atoms with van der Waals surface area (Å²) in [7, 11) is 0. The number of ether oxygens (including phenoxy) is 1. The highest BCUT2D eigenvalue weighted by atomic mass is 32.2. The lowest BCUT2D eigenvalue weighted by Crippen LogP contribution is -2.15. The Morgan fingerprint density at radius 1 is 1.05 bits per heavy atom. The van der Waals surface area contributed by atoms with Crippen molar-refractivity contribution in [2.75, 3.05) is 23.0 Å². The number of rotatable bonds is 11. The number of benzene rings is 3. The summed E-state index contributed by atoms with van der Waals surface area (Å²) in [6.45, 7) is 4.95. The van der Waals surface area contributed by atoms with E-state index in [1.807, 2.05) is 66.9 Å². The van der Waals surface area contributed by atoms with Crippen molar-refractivity contribution in [3.8, 4) is 11.4 Å². The molecule has 2 N–H and O–H groups in total. The van der Waals surface area contributed by atoms with E-state index in [1.54, 1.807) is 12.1 Å². The number of nitrogens with one attached hydrogen (secondary N) is 2. The molecular weight excluding hydrogens is 492 g/mol. The first-order valence-corrected chi connectivity index (χ1v) is 12.6. The second kappa shape index (κ2) is 12.0. The SMILES string of the molecule is CCOc1ccc(NCc2nnc(SCC(=O)Nc3ccccc3[N+](=O)[O-])n2-c2ccc(C)cc2)cc1. The lowest BCUT2D eigenvalue weighted by Gasteiger charge is -2.12. The number of hydrogen-bond acceptors (Lipinski definition) is 8. The average Bonchev–Trinajstić information content (AvgIpc) is 3.30. The van der Waals surface area contributed by atoms with Gasteiger partial charge in [-0.15, -0.1) is 10.2 Å². The zero-order valence-electron chi connectivity index (χ0n) is 20.4.